The van der Waals surface area contributed by atoms with Crippen molar-refractivity contribution in [3.8, 4) is 0 Å². The molecule has 0 saturated carbocycles. The summed E-state index contributed by atoms with van der Waals surface area (Å²) in [5.74, 6) is 0.0772. The minimum absolute atomic E-state index is 0.00235. The lowest BCUT2D eigenvalue weighted by molar-refractivity contribution is -0.384. The molecule has 0 radical (unpaired) electrons. The van der Waals surface area contributed by atoms with Crippen LogP contribution in [0.2, 0.25) is 0 Å². The zero-order chi connectivity index (χ0) is 20.1. The molecule has 2 amide bonds. The Bertz CT molecular complexity index is 857. The van der Waals surface area contributed by atoms with E-state index in [-0.39, 0.29) is 17.5 Å². The summed E-state index contributed by atoms with van der Waals surface area (Å²) in [6.07, 6.45) is 1.79. The van der Waals surface area contributed by atoms with E-state index in [1.54, 1.807) is 30.0 Å². The Kier molecular flexibility index (Phi) is 6.05. The van der Waals surface area contributed by atoms with Gasteiger partial charge in [-0.2, -0.15) is 0 Å². The van der Waals surface area contributed by atoms with Gasteiger partial charge in [0.05, 0.1) is 11.2 Å². The van der Waals surface area contributed by atoms with Crippen molar-refractivity contribution < 1.29 is 18.9 Å². The molecule has 0 aliphatic carbocycles. The van der Waals surface area contributed by atoms with E-state index in [1.165, 1.54) is 18.4 Å². The number of nitro groups is 1. The van der Waals surface area contributed by atoms with Gasteiger partial charge in [0, 0.05) is 57.0 Å². The number of carbonyl (C=O) groups excluding carboxylic acids is 2. The third-order valence-corrected chi connectivity index (χ3v) is 4.74. The van der Waals surface area contributed by atoms with Gasteiger partial charge >= 0.3 is 0 Å². The molecule has 1 aromatic carbocycles. The molecule has 0 spiro atoms. The molecule has 1 saturated heterocycles. The van der Waals surface area contributed by atoms with E-state index >= 15 is 0 Å². The largest absolute Gasteiger partial charge is 0.459 e. The number of nitro benzene ring substituents is 1. The number of aryl methyl sites for hydroxylation is 1. The number of carbonyl (C=O) groups is 2. The predicted molar refractivity (Wildman–Crippen MR) is 102 cm³/mol. The fourth-order valence-corrected chi connectivity index (χ4v) is 3.10. The molecular weight excluding hydrogens is 364 g/mol. The van der Waals surface area contributed by atoms with Crippen molar-refractivity contribution in [1.82, 2.24) is 9.80 Å². The molecule has 9 heteroatoms. The van der Waals surface area contributed by atoms with Gasteiger partial charge in [0.25, 0.3) is 11.6 Å². The second-order valence-corrected chi connectivity index (χ2v) is 6.67. The average molecular weight is 386 g/mol. The molecule has 1 fully saturated rings. The molecule has 148 valence electrons. The minimum atomic E-state index is -0.463. The lowest BCUT2D eigenvalue weighted by Gasteiger charge is -2.34. The molecule has 0 bridgehead atoms. The van der Waals surface area contributed by atoms with E-state index in [9.17, 15) is 19.7 Å². The number of nitrogens with zero attached hydrogens (tertiary/aromatic N) is 3. The summed E-state index contributed by atoms with van der Waals surface area (Å²) in [6, 6.07) is 7.70. The van der Waals surface area contributed by atoms with Crippen molar-refractivity contribution in [3.63, 3.8) is 0 Å². The third kappa shape index (κ3) is 4.74. The molecule has 1 N–H and O–H groups in total. The highest BCUT2D eigenvalue weighted by molar-refractivity contribution is 5.92. The molecule has 1 aliphatic heterocycles. The Morgan fingerprint density at radius 1 is 1.21 bits per heavy atom. The van der Waals surface area contributed by atoms with Crippen LogP contribution in [0.5, 0.6) is 0 Å². The lowest BCUT2D eigenvalue weighted by atomic mass is 10.1. The number of furan rings is 1. The summed E-state index contributed by atoms with van der Waals surface area (Å²) >= 11 is 0. The van der Waals surface area contributed by atoms with Crippen LogP contribution in [-0.2, 0) is 4.79 Å². The predicted octanol–water partition coefficient (Wildman–Crippen LogP) is 2.28. The standard InChI is InChI=1S/C19H22N4O5/c1-14-13-15(23(26)27)4-5-16(14)20-18(24)6-7-21-8-10-22(11-9-21)19(25)17-3-2-12-28-17/h2-5,12-13H,6-11H2,1H3,(H,20,24). The smallest absolute Gasteiger partial charge is 0.289 e. The average Bonchev–Trinajstić information content (AvgIpc) is 3.22. The summed E-state index contributed by atoms with van der Waals surface area (Å²) in [5, 5.41) is 13.6. The maximum Gasteiger partial charge on any atom is 0.289 e. The van der Waals surface area contributed by atoms with Gasteiger partial charge < -0.3 is 14.6 Å². The van der Waals surface area contributed by atoms with Crippen LogP contribution in [0.1, 0.15) is 22.5 Å². The summed E-state index contributed by atoms with van der Waals surface area (Å²) in [4.78, 5) is 38.6. The molecular formula is C19H22N4O5. The quantitative estimate of drug-likeness (QED) is 0.603. The van der Waals surface area contributed by atoms with Crippen molar-refractivity contribution in [3.05, 3.63) is 58.0 Å². The number of hydrogen-bond acceptors (Lipinski definition) is 6. The number of nitrogens with one attached hydrogen (secondary N) is 1. The van der Waals surface area contributed by atoms with Gasteiger partial charge in [-0.05, 0) is 30.7 Å². The zero-order valence-corrected chi connectivity index (χ0v) is 15.6. The molecule has 1 aromatic heterocycles. The maximum atomic E-state index is 12.2. The first-order chi connectivity index (χ1) is 13.4. The van der Waals surface area contributed by atoms with Crippen LogP contribution in [-0.4, -0.2) is 59.3 Å². The van der Waals surface area contributed by atoms with E-state index in [2.05, 4.69) is 10.2 Å². The van der Waals surface area contributed by atoms with Crippen LogP contribution in [0, 0.1) is 17.0 Å². The summed E-state index contributed by atoms with van der Waals surface area (Å²) in [7, 11) is 0. The van der Waals surface area contributed by atoms with Gasteiger partial charge in [-0.25, -0.2) is 0 Å². The highest BCUT2D eigenvalue weighted by atomic mass is 16.6. The van der Waals surface area contributed by atoms with E-state index in [0.717, 1.165) is 0 Å². The minimum Gasteiger partial charge on any atom is -0.459 e. The van der Waals surface area contributed by atoms with Gasteiger partial charge in [0.15, 0.2) is 5.76 Å². The van der Waals surface area contributed by atoms with Crippen molar-refractivity contribution >= 4 is 23.2 Å². The topological polar surface area (TPSA) is 109 Å². The van der Waals surface area contributed by atoms with Crippen LogP contribution in [0.4, 0.5) is 11.4 Å². The van der Waals surface area contributed by atoms with E-state index in [0.29, 0.717) is 56.2 Å². The lowest BCUT2D eigenvalue weighted by Crippen LogP contribution is -2.49. The SMILES string of the molecule is Cc1cc([N+](=O)[O-])ccc1NC(=O)CCN1CCN(C(=O)c2ccco2)CC1. The Hall–Kier alpha value is -3.20. The van der Waals surface area contributed by atoms with Crippen LogP contribution in [0.15, 0.2) is 41.0 Å². The monoisotopic (exact) mass is 386 g/mol. The Morgan fingerprint density at radius 3 is 2.57 bits per heavy atom. The van der Waals surface area contributed by atoms with Gasteiger partial charge in [0.2, 0.25) is 5.91 Å². The molecule has 2 aromatic rings. The Labute approximate surface area is 162 Å². The summed E-state index contributed by atoms with van der Waals surface area (Å²) in [6.45, 7) is 4.86. The molecule has 3 rings (SSSR count). The number of benzene rings is 1. The van der Waals surface area contributed by atoms with Gasteiger partial charge in [-0.1, -0.05) is 0 Å². The Balaban J connectivity index is 1.43. The van der Waals surface area contributed by atoms with Crippen LogP contribution in [0.25, 0.3) is 0 Å². The van der Waals surface area contributed by atoms with E-state index in [4.69, 9.17) is 4.42 Å². The second kappa shape index (κ2) is 8.66. The summed E-state index contributed by atoms with van der Waals surface area (Å²) < 4.78 is 5.15. The fraction of sp³-hybridized carbons (Fsp3) is 0.368. The van der Waals surface area contributed by atoms with E-state index < -0.39 is 4.92 Å². The number of hydrogen-bond donors (Lipinski definition) is 1. The molecule has 0 atom stereocenters. The fourth-order valence-electron chi connectivity index (χ4n) is 3.10. The normalized spacial score (nSPS) is 14.7. The van der Waals surface area contributed by atoms with Crippen molar-refractivity contribution in [2.24, 2.45) is 0 Å². The zero-order valence-electron chi connectivity index (χ0n) is 15.6. The molecule has 1 aliphatic rings. The number of rotatable bonds is 6. The number of anilines is 1. The number of piperazine rings is 1. The van der Waals surface area contributed by atoms with Gasteiger partial charge in [0.1, 0.15) is 0 Å². The first-order valence-electron chi connectivity index (χ1n) is 9.04. The third-order valence-electron chi connectivity index (χ3n) is 4.74. The van der Waals surface area contributed by atoms with Crippen molar-refractivity contribution in [2.75, 3.05) is 38.0 Å². The first kappa shape index (κ1) is 19.6. The molecule has 0 unspecified atom stereocenters. The van der Waals surface area contributed by atoms with Crippen LogP contribution in [0.3, 0.4) is 0 Å². The first-order valence-corrected chi connectivity index (χ1v) is 9.04. The summed E-state index contributed by atoms with van der Waals surface area (Å²) in [5.41, 5.74) is 1.22. The molecule has 9 nitrogen and oxygen atoms in total. The molecule has 28 heavy (non-hydrogen) atoms. The maximum absolute atomic E-state index is 12.2. The van der Waals surface area contributed by atoms with Gasteiger partial charge in [-0.15, -0.1) is 0 Å². The van der Waals surface area contributed by atoms with Crippen LogP contribution < -0.4 is 5.32 Å². The van der Waals surface area contributed by atoms with Crippen molar-refractivity contribution in [2.45, 2.75) is 13.3 Å². The Morgan fingerprint density at radius 2 is 1.96 bits per heavy atom. The number of non-ortho nitro benzene ring substituents is 1. The van der Waals surface area contributed by atoms with Gasteiger partial charge in [-0.3, -0.25) is 24.6 Å². The highest BCUT2D eigenvalue weighted by Gasteiger charge is 2.23. The van der Waals surface area contributed by atoms with E-state index in [1.807, 2.05) is 0 Å². The molecule has 2 heterocycles. The van der Waals surface area contributed by atoms with Crippen LogP contribution >= 0.6 is 0 Å². The van der Waals surface area contributed by atoms with Crippen molar-refractivity contribution in [1.29, 1.82) is 0 Å². The highest BCUT2D eigenvalue weighted by Crippen LogP contribution is 2.21. The number of amides is 2. The second-order valence-electron chi connectivity index (χ2n) is 6.67.